The molecule has 7 heteroatoms. The van der Waals surface area contributed by atoms with Gasteiger partial charge in [0.15, 0.2) is 0 Å². The molecule has 4 rings (SSSR count). The van der Waals surface area contributed by atoms with E-state index >= 15 is 0 Å². The molecule has 0 radical (unpaired) electrons. The molecule has 170 valence electrons. The van der Waals surface area contributed by atoms with Crippen LogP contribution in [0.3, 0.4) is 0 Å². The topological polar surface area (TPSA) is 65.1 Å². The van der Waals surface area contributed by atoms with Crippen LogP contribution in [0.2, 0.25) is 0 Å². The number of piperazine rings is 1. The number of carbonyl (C=O) groups excluding carboxylic acids is 2. The molecular weight excluding hydrogens is 404 g/mol. The molecule has 0 saturated carbocycles. The van der Waals surface area contributed by atoms with E-state index in [1.165, 1.54) is 0 Å². The molecule has 2 saturated heterocycles. The zero-order valence-corrected chi connectivity index (χ0v) is 18.5. The van der Waals surface area contributed by atoms with Gasteiger partial charge in [-0.3, -0.25) is 9.69 Å². The molecule has 1 atom stereocenters. The lowest BCUT2D eigenvalue weighted by atomic mass is 9.99. The highest BCUT2D eigenvalue weighted by molar-refractivity contribution is 5.89. The summed E-state index contributed by atoms with van der Waals surface area (Å²) in [4.78, 5) is 31.2. The highest BCUT2D eigenvalue weighted by atomic mass is 16.5. The number of amides is 3. The van der Waals surface area contributed by atoms with E-state index < -0.39 is 0 Å². The Morgan fingerprint density at radius 2 is 1.53 bits per heavy atom. The van der Waals surface area contributed by atoms with Crippen molar-refractivity contribution in [3.05, 3.63) is 60.7 Å². The monoisotopic (exact) mass is 436 g/mol. The molecule has 2 aromatic carbocycles. The van der Waals surface area contributed by atoms with Gasteiger partial charge < -0.3 is 19.9 Å². The Kier molecular flexibility index (Phi) is 7.61. The van der Waals surface area contributed by atoms with E-state index in [1.807, 2.05) is 65.6 Å². The van der Waals surface area contributed by atoms with Gasteiger partial charge in [-0.2, -0.15) is 0 Å². The quantitative estimate of drug-likeness (QED) is 0.756. The van der Waals surface area contributed by atoms with E-state index in [1.54, 1.807) is 4.90 Å². The smallest absolute Gasteiger partial charge is 0.321 e. The number of rotatable bonds is 6. The molecule has 0 aliphatic carbocycles. The predicted octanol–water partition coefficient (Wildman–Crippen LogP) is 3.15. The van der Waals surface area contributed by atoms with Crippen LogP contribution in [0.5, 0.6) is 5.75 Å². The van der Waals surface area contributed by atoms with Crippen LogP contribution < -0.4 is 10.1 Å². The minimum absolute atomic E-state index is 0.111. The lowest BCUT2D eigenvalue weighted by Gasteiger charge is -2.37. The number of hydrogen-bond acceptors (Lipinski definition) is 4. The van der Waals surface area contributed by atoms with Gasteiger partial charge in [-0.15, -0.1) is 0 Å². The van der Waals surface area contributed by atoms with Crippen LogP contribution in [0.15, 0.2) is 60.7 Å². The Labute approximate surface area is 189 Å². The van der Waals surface area contributed by atoms with E-state index in [2.05, 4.69) is 10.2 Å². The van der Waals surface area contributed by atoms with Gasteiger partial charge in [0.25, 0.3) is 0 Å². The van der Waals surface area contributed by atoms with Crippen LogP contribution in [0, 0.1) is 5.92 Å². The van der Waals surface area contributed by atoms with Crippen LogP contribution in [0.25, 0.3) is 0 Å². The molecule has 1 N–H and O–H groups in total. The Morgan fingerprint density at radius 3 is 2.25 bits per heavy atom. The predicted molar refractivity (Wildman–Crippen MR) is 125 cm³/mol. The fourth-order valence-electron chi connectivity index (χ4n) is 4.34. The summed E-state index contributed by atoms with van der Waals surface area (Å²) in [6, 6.07) is 19.2. The highest BCUT2D eigenvalue weighted by Gasteiger charge is 2.27. The van der Waals surface area contributed by atoms with Crippen molar-refractivity contribution < 1.29 is 14.3 Å². The maximum atomic E-state index is 12.9. The summed E-state index contributed by atoms with van der Waals surface area (Å²) in [6.45, 7) is 5.23. The van der Waals surface area contributed by atoms with Gasteiger partial charge >= 0.3 is 6.03 Å². The van der Waals surface area contributed by atoms with E-state index in [-0.39, 0.29) is 11.9 Å². The largest absolute Gasteiger partial charge is 0.493 e. The number of piperidine rings is 1. The van der Waals surface area contributed by atoms with Crippen LogP contribution in [0.4, 0.5) is 10.5 Å². The highest BCUT2D eigenvalue weighted by Crippen LogP contribution is 2.19. The summed E-state index contributed by atoms with van der Waals surface area (Å²) in [6.07, 6.45) is 2.22. The van der Waals surface area contributed by atoms with Crippen molar-refractivity contribution in [1.29, 1.82) is 0 Å². The molecule has 2 aliphatic heterocycles. The molecule has 0 bridgehead atoms. The fraction of sp³-hybridized carbons (Fsp3) is 0.440. The van der Waals surface area contributed by atoms with Crippen LogP contribution in [-0.4, -0.2) is 79.1 Å². The zero-order chi connectivity index (χ0) is 22.2. The summed E-state index contributed by atoms with van der Waals surface area (Å²) in [5.41, 5.74) is 0.784. The number of nitrogens with zero attached hydrogens (tertiary/aromatic N) is 3. The van der Waals surface area contributed by atoms with Gasteiger partial charge in [0, 0.05) is 44.3 Å². The second-order valence-corrected chi connectivity index (χ2v) is 8.53. The van der Waals surface area contributed by atoms with Crippen molar-refractivity contribution in [1.82, 2.24) is 14.7 Å². The Hall–Kier alpha value is -3.06. The van der Waals surface area contributed by atoms with Gasteiger partial charge in [-0.1, -0.05) is 36.4 Å². The molecule has 7 nitrogen and oxygen atoms in total. The molecule has 0 aromatic heterocycles. The lowest BCUT2D eigenvalue weighted by Crippen LogP contribution is -2.54. The third-order valence-corrected chi connectivity index (χ3v) is 6.14. The Bertz CT molecular complexity index is 869. The summed E-state index contributed by atoms with van der Waals surface area (Å²) >= 11 is 0. The van der Waals surface area contributed by atoms with Gasteiger partial charge in [-0.05, 0) is 43.7 Å². The summed E-state index contributed by atoms with van der Waals surface area (Å²) in [7, 11) is 0. The molecular formula is C25H32N4O3. The molecule has 3 amide bonds. The van der Waals surface area contributed by atoms with Gasteiger partial charge in [0.05, 0.1) is 13.2 Å². The number of anilines is 1. The molecule has 2 heterocycles. The number of likely N-dealkylation sites (tertiary alicyclic amines) is 1. The summed E-state index contributed by atoms with van der Waals surface area (Å²) < 4.78 is 5.93. The van der Waals surface area contributed by atoms with Crippen LogP contribution in [0.1, 0.15) is 12.8 Å². The van der Waals surface area contributed by atoms with Gasteiger partial charge in [-0.25, -0.2) is 4.79 Å². The van der Waals surface area contributed by atoms with Crippen molar-refractivity contribution in [3.63, 3.8) is 0 Å². The van der Waals surface area contributed by atoms with E-state index in [9.17, 15) is 9.59 Å². The second kappa shape index (κ2) is 11.0. The number of hydrogen-bond donors (Lipinski definition) is 1. The molecule has 32 heavy (non-hydrogen) atoms. The van der Waals surface area contributed by atoms with Crippen LogP contribution in [-0.2, 0) is 4.79 Å². The molecule has 2 aromatic rings. The van der Waals surface area contributed by atoms with Crippen molar-refractivity contribution in [2.45, 2.75) is 12.8 Å². The van der Waals surface area contributed by atoms with Crippen molar-refractivity contribution in [3.8, 4) is 5.75 Å². The fourth-order valence-corrected chi connectivity index (χ4v) is 4.34. The van der Waals surface area contributed by atoms with Crippen molar-refractivity contribution in [2.24, 2.45) is 5.92 Å². The van der Waals surface area contributed by atoms with Crippen molar-refractivity contribution in [2.75, 3.05) is 57.7 Å². The number of nitrogens with one attached hydrogen (secondary N) is 1. The second-order valence-electron chi connectivity index (χ2n) is 8.53. The first-order valence-corrected chi connectivity index (χ1v) is 11.5. The van der Waals surface area contributed by atoms with Gasteiger partial charge in [0.1, 0.15) is 5.75 Å². The Morgan fingerprint density at radius 1 is 0.875 bits per heavy atom. The average molecular weight is 437 g/mol. The maximum Gasteiger partial charge on any atom is 0.321 e. The minimum Gasteiger partial charge on any atom is -0.493 e. The number of carbonyl (C=O) groups is 2. The van der Waals surface area contributed by atoms with E-state index in [0.29, 0.717) is 45.2 Å². The van der Waals surface area contributed by atoms with E-state index in [0.717, 1.165) is 37.4 Å². The normalized spacial score (nSPS) is 19.4. The first-order chi connectivity index (χ1) is 15.7. The number of urea groups is 1. The Balaban J connectivity index is 1.18. The SMILES string of the molecule is O=C(CN1CCCC(COc2ccccc2)C1)N1CCN(C(=O)Nc2ccccc2)CC1. The van der Waals surface area contributed by atoms with Gasteiger partial charge in [0.2, 0.25) is 5.91 Å². The number of para-hydroxylation sites is 2. The first-order valence-electron chi connectivity index (χ1n) is 11.5. The molecule has 1 unspecified atom stereocenters. The number of ether oxygens (including phenoxy) is 1. The third-order valence-electron chi connectivity index (χ3n) is 6.14. The molecule has 2 aliphatic rings. The average Bonchev–Trinajstić information content (AvgIpc) is 2.84. The van der Waals surface area contributed by atoms with Crippen LogP contribution >= 0.6 is 0 Å². The number of benzene rings is 2. The summed E-state index contributed by atoms with van der Waals surface area (Å²) in [5, 5.41) is 2.91. The third kappa shape index (κ3) is 6.23. The summed E-state index contributed by atoms with van der Waals surface area (Å²) in [5.74, 6) is 1.49. The minimum atomic E-state index is -0.111. The molecule has 2 fully saturated rings. The lowest BCUT2D eigenvalue weighted by molar-refractivity contribution is -0.134. The van der Waals surface area contributed by atoms with E-state index in [4.69, 9.17) is 4.74 Å². The molecule has 0 spiro atoms. The van der Waals surface area contributed by atoms with Crippen molar-refractivity contribution >= 4 is 17.6 Å². The zero-order valence-electron chi connectivity index (χ0n) is 18.5. The standard InChI is InChI=1S/C25H32N4O3/c30-24(19-27-13-7-8-21(18-27)20-32-23-11-5-2-6-12-23)28-14-16-29(17-15-28)25(31)26-22-9-3-1-4-10-22/h1-6,9-12,21H,7-8,13-20H2,(H,26,31). The first kappa shape index (κ1) is 22.1. The maximum absolute atomic E-state index is 12.9.